The molecule has 3 nitrogen and oxygen atoms in total. The zero-order chi connectivity index (χ0) is 14.1. The number of hydrogen-bond donors (Lipinski definition) is 1. The first-order valence-electron chi connectivity index (χ1n) is 7.00. The SMILES string of the molecule is CC(NC1CC(C)(C)CC(C)(C)C1)C(=O)N(C)C. The maximum absolute atomic E-state index is 11.9. The van der Waals surface area contributed by atoms with E-state index in [1.807, 2.05) is 21.0 Å². The predicted octanol–water partition coefficient (Wildman–Crippen LogP) is 2.66. The van der Waals surface area contributed by atoms with Crippen LogP contribution in [0.5, 0.6) is 0 Å². The van der Waals surface area contributed by atoms with Crippen molar-refractivity contribution in [2.75, 3.05) is 14.1 Å². The molecular weight excluding hydrogens is 224 g/mol. The van der Waals surface area contributed by atoms with Gasteiger partial charge in [0.25, 0.3) is 0 Å². The summed E-state index contributed by atoms with van der Waals surface area (Å²) in [6, 6.07) is 0.359. The first kappa shape index (κ1) is 15.5. The third-order valence-electron chi connectivity index (χ3n) is 3.85. The number of nitrogens with one attached hydrogen (secondary N) is 1. The quantitative estimate of drug-likeness (QED) is 0.840. The maximum Gasteiger partial charge on any atom is 0.238 e. The molecule has 0 aromatic heterocycles. The molecule has 0 spiro atoms. The second kappa shape index (κ2) is 5.20. The Morgan fingerprint density at radius 1 is 1.17 bits per heavy atom. The summed E-state index contributed by atoms with van der Waals surface area (Å²) in [6.07, 6.45) is 3.57. The van der Waals surface area contributed by atoms with Gasteiger partial charge in [0.2, 0.25) is 5.91 Å². The van der Waals surface area contributed by atoms with E-state index in [4.69, 9.17) is 0 Å². The highest BCUT2D eigenvalue weighted by atomic mass is 16.2. The highest BCUT2D eigenvalue weighted by Gasteiger charge is 2.39. The number of carbonyl (C=O) groups excluding carboxylic acids is 1. The van der Waals surface area contributed by atoms with E-state index in [-0.39, 0.29) is 11.9 Å². The monoisotopic (exact) mass is 254 g/mol. The van der Waals surface area contributed by atoms with E-state index in [1.165, 1.54) is 6.42 Å². The fourth-order valence-electron chi connectivity index (χ4n) is 3.78. The summed E-state index contributed by atoms with van der Waals surface area (Å²) in [4.78, 5) is 13.6. The van der Waals surface area contributed by atoms with Crippen LogP contribution in [-0.2, 0) is 4.79 Å². The van der Waals surface area contributed by atoms with Gasteiger partial charge >= 0.3 is 0 Å². The van der Waals surface area contributed by atoms with Gasteiger partial charge in [-0.25, -0.2) is 0 Å². The van der Waals surface area contributed by atoms with Crippen molar-refractivity contribution >= 4 is 5.91 Å². The first-order chi connectivity index (χ1) is 8.02. The third-order valence-corrected chi connectivity index (χ3v) is 3.85. The molecule has 106 valence electrons. The Bertz CT molecular complexity index is 292. The van der Waals surface area contributed by atoms with Gasteiger partial charge < -0.3 is 10.2 Å². The normalized spacial score (nSPS) is 24.6. The highest BCUT2D eigenvalue weighted by molar-refractivity contribution is 5.80. The second-order valence-electron chi connectivity index (χ2n) is 7.73. The lowest BCUT2D eigenvalue weighted by Gasteiger charge is -2.46. The molecule has 0 bridgehead atoms. The van der Waals surface area contributed by atoms with E-state index in [0.29, 0.717) is 16.9 Å². The molecule has 1 saturated carbocycles. The summed E-state index contributed by atoms with van der Waals surface area (Å²) in [6.45, 7) is 11.3. The Morgan fingerprint density at radius 2 is 1.61 bits per heavy atom. The average molecular weight is 254 g/mol. The van der Waals surface area contributed by atoms with Crippen LogP contribution in [-0.4, -0.2) is 37.0 Å². The molecule has 0 aromatic carbocycles. The fourth-order valence-corrected chi connectivity index (χ4v) is 3.78. The average Bonchev–Trinajstić information content (AvgIpc) is 2.10. The number of carbonyl (C=O) groups is 1. The summed E-state index contributed by atoms with van der Waals surface area (Å²) in [5.41, 5.74) is 0.723. The van der Waals surface area contributed by atoms with Gasteiger partial charge in [0.05, 0.1) is 6.04 Å². The second-order valence-corrected chi connectivity index (χ2v) is 7.73. The largest absolute Gasteiger partial charge is 0.347 e. The molecule has 1 fully saturated rings. The van der Waals surface area contributed by atoms with Crippen molar-refractivity contribution in [2.45, 2.75) is 66.0 Å². The minimum atomic E-state index is -0.0882. The van der Waals surface area contributed by atoms with Crippen LogP contribution in [0.4, 0.5) is 0 Å². The number of nitrogens with zero attached hydrogens (tertiary/aromatic N) is 1. The molecule has 0 aromatic rings. The molecule has 0 heterocycles. The van der Waals surface area contributed by atoms with Crippen LogP contribution in [0.25, 0.3) is 0 Å². The molecule has 3 heteroatoms. The molecule has 18 heavy (non-hydrogen) atoms. The summed E-state index contributed by atoms with van der Waals surface area (Å²) >= 11 is 0. The minimum Gasteiger partial charge on any atom is -0.347 e. The van der Waals surface area contributed by atoms with Gasteiger partial charge in [-0.3, -0.25) is 4.79 Å². The van der Waals surface area contributed by atoms with Crippen LogP contribution >= 0.6 is 0 Å². The molecule has 1 N–H and O–H groups in total. The van der Waals surface area contributed by atoms with Crippen molar-refractivity contribution in [1.29, 1.82) is 0 Å². The Kier molecular flexibility index (Phi) is 4.47. The van der Waals surface area contributed by atoms with E-state index in [2.05, 4.69) is 33.0 Å². The molecular formula is C15H30N2O. The molecule has 1 atom stereocenters. The number of rotatable bonds is 3. The van der Waals surface area contributed by atoms with E-state index in [0.717, 1.165) is 12.8 Å². The van der Waals surface area contributed by atoms with Crippen molar-refractivity contribution in [1.82, 2.24) is 10.2 Å². The lowest BCUT2D eigenvalue weighted by molar-refractivity contribution is -0.131. The van der Waals surface area contributed by atoms with Gasteiger partial charge in [-0.05, 0) is 37.0 Å². The first-order valence-corrected chi connectivity index (χ1v) is 7.00. The summed E-state index contributed by atoms with van der Waals surface area (Å²) in [5.74, 6) is 0.163. The molecule has 1 amide bonds. The topological polar surface area (TPSA) is 32.3 Å². The van der Waals surface area contributed by atoms with Crippen molar-refractivity contribution in [2.24, 2.45) is 10.8 Å². The van der Waals surface area contributed by atoms with Crippen molar-refractivity contribution in [3.8, 4) is 0 Å². The number of likely N-dealkylation sites (N-methyl/N-ethyl adjacent to an activating group) is 1. The van der Waals surface area contributed by atoms with Crippen molar-refractivity contribution in [3.63, 3.8) is 0 Å². The number of hydrogen-bond acceptors (Lipinski definition) is 2. The van der Waals surface area contributed by atoms with E-state index < -0.39 is 0 Å². The van der Waals surface area contributed by atoms with Crippen LogP contribution in [0.2, 0.25) is 0 Å². The smallest absolute Gasteiger partial charge is 0.238 e. The molecule has 1 aliphatic rings. The standard InChI is InChI=1S/C15H30N2O/c1-11(13(18)17(6)7)16-12-8-14(2,3)10-15(4,5)9-12/h11-12,16H,8-10H2,1-7H3. The highest BCUT2D eigenvalue weighted by Crippen LogP contribution is 2.45. The Hall–Kier alpha value is -0.570. The van der Waals surface area contributed by atoms with Gasteiger partial charge in [0.1, 0.15) is 0 Å². The number of amides is 1. The van der Waals surface area contributed by atoms with Crippen LogP contribution < -0.4 is 5.32 Å². The zero-order valence-electron chi connectivity index (χ0n) is 13.1. The van der Waals surface area contributed by atoms with Gasteiger partial charge in [0.15, 0.2) is 0 Å². The summed E-state index contributed by atoms with van der Waals surface area (Å²) in [7, 11) is 3.63. The lowest BCUT2D eigenvalue weighted by atomic mass is 9.63. The third kappa shape index (κ3) is 4.27. The summed E-state index contributed by atoms with van der Waals surface area (Å²) < 4.78 is 0. The van der Waals surface area contributed by atoms with E-state index in [9.17, 15) is 4.79 Å². The molecule has 0 radical (unpaired) electrons. The molecule has 1 unspecified atom stereocenters. The van der Waals surface area contributed by atoms with Crippen LogP contribution in [0, 0.1) is 10.8 Å². The van der Waals surface area contributed by atoms with Gasteiger partial charge in [-0.2, -0.15) is 0 Å². The molecule has 1 rings (SSSR count). The maximum atomic E-state index is 11.9. The van der Waals surface area contributed by atoms with E-state index >= 15 is 0 Å². The van der Waals surface area contributed by atoms with E-state index in [1.54, 1.807) is 4.90 Å². The van der Waals surface area contributed by atoms with Gasteiger partial charge in [-0.1, -0.05) is 27.7 Å². The molecule has 0 aliphatic heterocycles. The van der Waals surface area contributed by atoms with Crippen molar-refractivity contribution in [3.05, 3.63) is 0 Å². The molecule has 1 aliphatic carbocycles. The van der Waals surface area contributed by atoms with Crippen LogP contribution in [0.3, 0.4) is 0 Å². The molecule has 0 saturated heterocycles. The Balaban J connectivity index is 2.64. The predicted molar refractivity (Wildman–Crippen MR) is 76.5 cm³/mol. The van der Waals surface area contributed by atoms with Crippen LogP contribution in [0.15, 0.2) is 0 Å². The lowest BCUT2D eigenvalue weighted by Crippen LogP contribution is -2.51. The van der Waals surface area contributed by atoms with Crippen molar-refractivity contribution < 1.29 is 4.79 Å². The van der Waals surface area contributed by atoms with Gasteiger partial charge in [0, 0.05) is 20.1 Å². The summed E-state index contributed by atoms with van der Waals surface area (Å²) in [5, 5.41) is 3.52. The zero-order valence-corrected chi connectivity index (χ0v) is 13.1. The fraction of sp³-hybridized carbons (Fsp3) is 0.933. The minimum absolute atomic E-state index is 0.0882. The van der Waals surface area contributed by atoms with Gasteiger partial charge in [-0.15, -0.1) is 0 Å². The Morgan fingerprint density at radius 3 is 2.00 bits per heavy atom. The van der Waals surface area contributed by atoms with Crippen LogP contribution in [0.1, 0.15) is 53.9 Å². The Labute approximate surface area is 112 Å².